The normalized spacial score (nSPS) is 19.7. The van der Waals surface area contributed by atoms with Gasteiger partial charge in [0.2, 0.25) is 15.8 Å². The van der Waals surface area contributed by atoms with Gasteiger partial charge >= 0.3 is 5.97 Å². The number of amides is 1. The Morgan fingerprint density at radius 1 is 1.07 bits per heavy atom. The van der Waals surface area contributed by atoms with Crippen molar-refractivity contribution in [3.63, 3.8) is 0 Å². The van der Waals surface area contributed by atoms with Crippen LogP contribution in [0.25, 0.3) is 0 Å². The van der Waals surface area contributed by atoms with Gasteiger partial charge in [-0.15, -0.1) is 0 Å². The van der Waals surface area contributed by atoms with Crippen LogP contribution in [-0.2, 0) is 29.1 Å². The highest BCUT2D eigenvalue weighted by atomic mass is 32.2. The molecule has 0 aliphatic carbocycles. The number of carbonyl (C=O) groups excluding carboxylic acids is 3. The standard InChI is InChI=1S/C19H18N2O6S/c1-2-27-19(24)15-16(12-6-4-3-5-7-12)21(18(23)17(15)22)13-8-10-14(11-9-13)28(20,25)26/h3-11,15-16H,2H2,1H3,(H2,20,25,26)/t15-,16-/m1/s1. The Morgan fingerprint density at radius 2 is 1.68 bits per heavy atom. The minimum Gasteiger partial charge on any atom is -0.465 e. The molecule has 1 saturated heterocycles. The lowest BCUT2D eigenvalue weighted by molar-refractivity contribution is -0.152. The van der Waals surface area contributed by atoms with Crippen LogP contribution >= 0.6 is 0 Å². The molecule has 3 rings (SSSR count). The summed E-state index contributed by atoms with van der Waals surface area (Å²) in [5, 5.41) is 5.10. The lowest BCUT2D eigenvalue weighted by Crippen LogP contribution is -2.31. The lowest BCUT2D eigenvalue weighted by atomic mass is 9.93. The zero-order chi connectivity index (χ0) is 20.5. The molecule has 2 aromatic rings. The van der Waals surface area contributed by atoms with Crippen molar-refractivity contribution in [3.8, 4) is 0 Å². The summed E-state index contributed by atoms with van der Waals surface area (Å²) in [5.41, 5.74) is 0.849. The van der Waals surface area contributed by atoms with Crippen molar-refractivity contribution in [2.45, 2.75) is 17.9 Å². The van der Waals surface area contributed by atoms with Crippen LogP contribution in [0.1, 0.15) is 18.5 Å². The molecule has 28 heavy (non-hydrogen) atoms. The first kappa shape index (κ1) is 19.7. The molecule has 0 unspecified atom stereocenters. The van der Waals surface area contributed by atoms with Crippen molar-refractivity contribution >= 4 is 33.4 Å². The molecule has 9 heteroatoms. The SMILES string of the molecule is CCOC(=O)[C@H]1C(=O)C(=O)N(c2ccc(S(N)(=O)=O)cc2)[C@@H]1c1ccccc1. The minimum atomic E-state index is -3.91. The van der Waals surface area contributed by atoms with Gasteiger partial charge < -0.3 is 4.74 Å². The molecule has 1 amide bonds. The van der Waals surface area contributed by atoms with Crippen molar-refractivity contribution in [1.29, 1.82) is 0 Å². The molecule has 0 saturated carbocycles. The van der Waals surface area contributed by atoms with Crippen molar-refractivity contribution in [2.75, 3.05) is 11.5 Å². The molecule has 1 aliphatic rings. The molecule has 0 bridgehead atoms. The first-order chi connectivity index (χ1) is 13.3. The number of nitrogens with zero attached hydrogens (tertiary/aromatic N) is 1. The van der Waals surface area contributed by atoms with Gasteiger partial charge in [0, 0.05) is 5.69 Å². The number of ether oxygens (including phenoxy) is 1. The largest absolute Gasteiger partial charge is 0.465 e. The first-order valence-electron chi connectivity index (χ1n) is 8.47. The van der Waals surface area contributed by atoms with Crippen molar-refractivity contribution < 1.29 is 27.5 Å². The summed E-state index contributed by atoms with van der Waals surface area (Å²) >= 11 is 0. The van der Waals surface area contributed by atoms with Gasteiger partial charge in [0.15, 0.2) is 0 Å². The Kier molecular flexibility index (Phi) is 5.30. The van der Waals surface area contributed by atoms with E-state index >= 15 is 0 Å². The van der Waals surface area contributed by atoms with Gasteiger partial charge in [0.05, 0.1) is 17.5 Å². The summed E-state index contributed by atoms with van der Waals surface area (Å²) in [4.78, 5) is 38.8. The van der Waals surface area contributed by atoms with Crippen LogP contribution < -0.4 is 10.0 Å². The van der Waals surface area contributed by atoms with Crippen LogP contribution in [0.5, 0.6) is 0 Å². The van der Waals surface area contributed by atoms with Crippen molar-refractivity contribution in [1.82, 2.24) is 0 Å². The predicted molar refractivity (Wildman–Crippen MR) is 99.6 cm³/mol. The van der Waals surface area contributed by atoms with Gasteiger partial charge in [-0.1, -0.05) is 30.3 Å². The Hall–Kier alpha value is -3.04. The highest BCUT2D eigenvalue weighted by molar-refractivity contribution is 7.89. The molecule has 146 valence electrons. The van der Waals surface area contributed by atoms with Crippen LogP contribution in [0.2, 0.25) is 0 Å². The summed E-state index contributed by atoms with van der Waals surface area (Å²) in [6.07, 6.45) is 0. The number of Topliss-reactive ketones (excluding diaryl/α,β-unsaturated/α-hetero) is 1. The predicted octanol–water partition coefficient (Wildman–Crippen LogP) is 1.17. The fourth-order valence-electron chi connectivity index (χ4n) is 3.20. The topological polar surface area (TPSA) is 124 Å². The molecule has 1 aliphatic heterocycles. The summed E-state index contributed by atoms with van der Waals surface area (Å²) in [7, 11) is -3.91. The molecule has 0 spiro atoms. The number of nitrogens with two attached hydrogens (primary N) is 1. The van der Waals surface area contributed by atoms with Crippen LogP contribution in [-0.4, -0.2) is 32.7 Å². The van der Waals surface area contributed by atoms with Gasteiger partial charge in [-0.3, -0.25) is 19.3 Å². The number of rotatable bonds is 5. The van der Waals surface area contributed by atoms with Gasteiger partial charge in [0.25, 0.3) is 5.91 Å². The number of benzene rings is 2. The number of primary sulfonamides is 1. The number of ketones is 1. The molecule has 1 heterocycles. The van der Waals surface area contributed by atoms with Gasteiger partial charge in [0.1, 0.15) is 5.92 Å². The molecular formula is C19H18N2O6S. The number of anilines is 1. The van der Waals surface area contributed by atoms with E-state index in [1.807, 2.05) is 0 Å². The van der Waals surface area contributed by atoms with E-state index in [1.54, 1.807) is 37.3 Å². The lowest BCUT2D eigenvalue weighted by Gasteiger charge is -2.27. The average Bonchev–Trinajstić information content (AvgIpc) is 2.93. The van der Waals surface area contributed by atoms with E-state index < -0.39 is 39.6 Å². The summed E-state index contributed by atoms with van der Waals surface area (Å²) in [5.74, 6) is -3.83. The highest BCUT2D eigenvalue weighted by Gasteiger charge is 2.53. The zero-order valence-electron chi connectivity index (χ0n) is 14.9. The molecule has 1 fully saturated rings. The third kappa shape index (κ3) is 3.54. The van der Waals surface area contributed by atoms with Crippen molar-refractivity contribution in [3.05, 3.63) is 60.2 Å². The molecule has 8 nitrogen and oxygen atoms in total. The van der Waals surface area contributed by atoms with E-state index in [4.69, 9.17) is 9.88 Å². The Labute approximate surface area is 161 Å². The van der Waals surface area contributed by atoms with Gasteiger partial charge in [-0.25, -0.2) is 13.6 Å². The van der Waals surface area contributed by atoms with E-state index in [-0.39, 0.29) is 17.2 Å². The monoisotopic (exact) mass is 402 g/mol. The van der Waals surface area contributed by atoms with Crippen LogP contribution in [0.15, 0.2) is 59.5 Å². The average molecular weight is 402 g/mol. The Morgan fingerprint density at radius 3 is 2.21 bits per heavy atom. The second-order valence-corrected chi connectivity index (χ2v) is 7.72. The summed E-state index contributed by atoms with van der Waals surface area (Å²) in [6, 6.07) is 12.9. The maximum atomic E-state index is 12.7. The van der Waals surface area contributed by atoms with Crippen LogP contribution in [0.4, 0.5) is 5.69 Å². The van der Waals surface area contributed by atoms with E-state index in [1.165, 1.54) is 29.2 Å². The number of carbonyl (C=O) groups is 3. The molecule has 2 N–H and O–H groups in total. The molecular weight excluding hydrogens is 384 g/mol. The summed E-state index contributed by atoms with van der Waals surface area (Å²) < 4.78 is 27.9. The smallest absolute Gasteiger partial charge is 0.319 e. The second kappa shape index (κ2) is 7.53. The maximum absolute atomic E-state index is 12.7. The third-order valence-electron chi connectivity index (χ3n) is 4.43. The van der Waals surface area contributed by atoms with E-state index in [2.05, 4.69) is 0 Å². The first-order valence-corrected chi connectivity index (χ1v) is 10.0. The maximum Gasteiger partial charge on any atom is 0.319 e. The van der Waals surface area contributed by atoms with Gasteiger partial charge in [-0.05, 0) is 36.8 Å². The fourth-order valence-corrected chi connectivity index (χ4v) is 3.72. The second-order valence-electron chi connectivity index (χ2n) is 6.16. The molecule has 0 radical (unpaired) electrons. The third-order valence-corrected chi connectivity index (χ3v) is 5.36. The van der Waals surface area contributed by atoms with Crippen LogP contribution in [0.3, 0.4) is 0 Å². The minimum absolute atomic E-state index is 0.0708. The van der Waals surface area contributed by atoms with E-state index in [0.717, 1.165) is 0 Å². The van der Waals surface area contributed by atoms with E-state index in [9.17, 15) is 22.8 Å². The molecule has 0 aromatic heterocycles. The highest BCUT2D eigenvalue weighted by Crippen LogP contribution is 2.40. The number of sulfonamides is 1. The Bertz CT molecular complexity index is 1020. The van der Waals surface area contributed by atoms with Crippen LogP contribution in [0, 0.1) is 5.92 Å². The van der Waals surface area contributed by atoms with Crippen molar-refractivity contribution in [2.24, 2.45) is 11.1 Å². The molecule has 2 atom stereocenters. The summed E-state index contributed by atoms with van der Waals surface area (Å²) in [6.45, 7) is 1.68. The quantitative estimate of drug-likeness (QED) is 0.455. The number of esters is 1. The van der Waals surface area contributed by atoms with E-state index in [0.29, 0.717) is 5.56 Å². The number of hydrogen-bond donors (Lipinski definition) is 1. The fraction of sp³-hybridized carbons (Fsp3) is 0.211. The Balaban J connectivity index is 2.11. The van der Waals surface area contributed by atoms with Gasteiger partial charge in [-0.2, -0.15) is 0 Å². The zero-order valence-corrected chi connectivity index (χ0v) is 15.8. The molecule has 2 aromatic carbocycles. The number of hydrogen-bond acceptors (Lipinski definition) is 6.